The number of carbonyl (C=O) groups is 1. The van der Waals surface area contributed by atoms with Gasteiger partial charge in [0.2, 0.25) is 0 Å². The first-order valence-corrected chi connectivity index (χ1v) is 6.44. The summed E-state index contributed by atoms with van der Waals surface area (Å²) in [4.78, 5) is 11.2. The first-order valence-electron chi connectivity index (χ1n) is 6.44. The molecule has 1 aliphatic heterocycles. The van der Waals surface area contributed by atoms with Gasteiger partial charge in [-0.2, -0.15) is 0 Å². The van der Waals surface area contributed by atoms with E-state index in [1.165, 1.54) is 0 Å². The normalized spacial score (nSPS) is 15.4. The fourth-order valence-electron chi connectivity index (χ4n) is 2.05. The predicted molar refractivity (Wildman–Crippen MR) is 73.3 cm³/mol. The van der Waals surface area contributed by atoms with Crippen molar-refractivity contribution in [1.82, 2.24) is 5.32 Å². The van der Waals surface area contributed by atoms with E-state index in [1.54, 1.807) is 7.11 Å². The van der Waals surface area contributed by atoms with Crippen LogP contribution in [0, 0.1) is 5.92 Å². The van der Waals surface area contributed by atoms with Gasteiger partial charge in [0.15, 0.2) is 6.61 Å². The molecule has 1 atom stereocenters. The zero-order chi connectivity index (χ0) is 13.7. The summed E-state index contributed by atoms with van der Waals surface area (Å²) in [5.41, 5.74) is 1.87. The average Bonchev–Trinajstić information content (AvgIpc) is 2.38. The molecule has 2 N–H and O–H groups in total. The maximum atomic E-state index is 11.2. The number of rotatable bonds is 6. The number of anilines is 1. The minimum absolute atomic E-state index is 0.0964. The molecular formula is C14H20N2O3. The summed E-state index contributed by atoms with van der Waals surface area (Å²) in [5.74, 6) is 1.10. The molecule has 0 saturated carbocycles. The molecule has 1 unspecified atom stereocenters. The van der Waals surface area contributed by atoms with Gasteiger partial charge in [-0.1, -0.05) is 13.0 Å². The van der Waals surface area contributed by atoms with E-state index in [1.807, 2.05) is 18.2 Å². The second-order valence-corrected chi connectivity index (χ2v) is 4.86. The van der Waals surface area contributed by atoms with Gasteiger partial charge in [-0.25, -0.2) is 0 Å². The van der Waals surface area contributed by atoms with Crippen LogP contribution in [0.1, 0.15) is 12.5 Å². The van der Waals surface area contributed by atoms with E-state index >= 15 is 0 Å². The molecule has 5 nitrogen and oxygen atoms in total. The lowest BCUT2D eigenvalue weighted by molar-refractivity contribution is -0.118. The topological polar surface area (TPSA) is 59.6 Å². The molecule has 0 aliphatic carbocycles. The fourth-order valence-corrected chi connectivity index (χ4v) is 2.05. The molecule has 2 rings (SSSR count). The predicted octanol–water partition coefficient (Wildman–Crippen LogP) is 1.39. The third-order valence-corrected chi connectivity index (χ3v) is 2.95. The van der Waals surface area contributed by atoms with E-state index in [2.05, 4.69) is 17.6 Å². The van der Waals surface area contributed by atoms with Crippen LogP contribution < -0.4 is 15.4 Å². The minimum atomic E-state index is -0.105. The van der Waals surface area contributed by atoms with Crippen LogP contribution in [0.2, 0.25) is 0 Å². The molecule has 1 aromatic rings. The van der Waals surface area contributed by atoms with Gasteiger partial charge in [-0.3, -0.25) is 4.79 Å². The molecule has 0 saturated heterocycles. The van der Waals surface area contributed by atoms with Crippen molar-refractivity contribution in [3.8, 4) is 5.75 Å². The average molecular weight is 264 g/mol. The van der Waals surface area contributed by atoms with Crippen molar-refractivity contribution >= 4 is 11.6 Å². The Morgan fingerprint density at radius 2 is 2.37 bits per heavy atom. The molecule has 104 valence electrons. The van der Waals surface area contributed by atoms with Crippen molar-refractivity contribution in [2.24, 2.45) is 5.92 Å². The van der Waals surface area contributed by atoms with Gasteiger partial charge < -0.3 is 20.1 Å². The van der Waals surface area contributed by atoms with Crippen LogP contribution in [0.3, 0.4) is 0 Å². The summed E-state index contributed by atoms with van der Waals surface area (Å²) in [5, 5.41) is 6.18. The van der Waals surface area contributed by atoms with Gasteiger partial charge in [0, 0.05) is 26.8 Å². The number of methoxy groups -OCH3 is 1. The summed E-state index contributed by atoms with van der Waals surface area (Å²) in [7, 11) is 1.71. The molecule has 1 aliphatic rings. The molecule has 5 heteroatoms. The lowest BCUT2D eigenvalue weighted by Crippen LogP contribution is -2.26. The van der Waals surface area contributed by atoms with Gasteiger partial charge in [0.05, 0.1) is 5.69 Å². The van der Waals surface area contributed by atoms with E-state index in [9.17, 15) is 4.79 Å². The minimum Gasteiger partial charge on any atom is -0.482 e. The third-order valence-electron chi connectivity index (χ3n) is 2.95. The highest BCUT2D eigenvalue weighted by Gasteiger charge is 2.15. The van der Waals surface area contributed by atoms with E-state index in [0.29, 0.717) is 5.92 Å². The third kappa shape index (κ3) is 3.94. The van der Waals surface area contributed by atoms with Gasteiger partial charge in [0.25, 0.3) is 5.91 Å². The number of hydrogen-bond acceptors (Lipinski definition) is 4. The van der Waals surface area contributed by atoms with Gasteiger partial charge >= 0.3 is 0 Å². The van der Waals surface area contributed by atoms with Crippen molar-refractivity contribution in [2.75, 3.05) is 32.2 Å². The molecule has 0 bridgehead atoms. The summed E-state index contributed by atoms with van der Waals surface area (Å²) in [6.07, 6.45) is 0. The first kappa shape index (κ1) is 13.8. The lowest BCUT2D eigenvalue weighted by Gasteiger charge is -2.19. The summed E-state index contributed by atoms with van der Waals surface area (Å²) >= 11 is 0. The van der Waals surface area contributed by atoms with Crippen LogP contribution in [-0.4, -0.2) is 32.8 Å². The van der Waals surface area contributed by atoms with Crippen LogP contribution in [0.25, 0.3) is 0 Å². The Bertz CT molecular complexity index is 448. The largest absolute Gasteiger partial charge is 0.482 e. The van der Waals surface area contributed by atoms with Crippen molar-refractivity contribution < 1.29 is 14.3 Å². The summed E-state index contributed by atoms with van der Waals surface area (Å²) in [6.45, 7) is 4.64. The highest BCUT2D eigenvalue weighted by Crippen LogP contribution is 2.28. The second kappa shape index (κ2) is 6.54. The molecule has 1 aromatic carbocycles. The van der Waals surface area contributed by atoms with Gasteiger partial charge in [-0.05, 0) is 23.6 Å². The Balaban J connectivity index is 1.88. The number of benzene rings is 1. The number of hydrogen-bond donors (Lipinski definition) is 2. The highest BCUT2D eigenvalue weighted by molar-refractivity contribution is 5.95. The molecular weight excluding hydrogens is 244 g/mol. The molecule has 0 spiro atoms. The maximum Gasteiger partial charge on any atom is 0.262 e. The van der Waals surface area contributed by atoms with Gasteiger partial charge in [0.1, 0.15) is 5.75 Å². The van der Waals surface area contributed by atoms with E-state index < -0.39 is 0 Å². The van der Waals surface area contributed by atoms with E-state index in [4.69, 9.17) is 9.47 Å². The number of ether oxygens (including phenoxy) is 2. The van der Waals surface area contributed by atoms with Crippen molar-refractivity contribution in [2.45, 2.75) is 13.5 Å². The molecule has 0 radical (unpaired) electrons. The zero-order valence-electron chi connectivity index (χ0n) is 11.4. The van der Waals surface area contributed by atoms with Crippen LogP contribution in [0.15, 0.2) is 18.2 Å². The molecule has 1 amide bonds. The SMILES string of the molecule is COCC(C)CNCc1ccc2c(c1)NC(=O)CO2. The van der Waals surface area contributed by atoms with E-state index in [0.717, 1.165) is 36.7 Å². The van der Waals surface area contributed by atoms with Crippen molar-refractivity contribution in [3.63, 3.8) is 0 Å². The van der Waals surface area contributed by atoms with Crippen LogP contribution in [0.4, 0.5) is 5.69 Å². The number of carbonyl (C=O) groups excluding carboxylic acids is 1. The number of fused-ring (bicyclic) bond motifs is 1. The molecule has 0 fully saturated rings. The second-order valence-electron chi connectivity index (χ2n) is 4.86. The first-order chi connectivity index (χ1) is 9.19. The maximum absolute atomic E-state index is 11.2. The zero-order valence-corrected chi connectivity index (χ0v) is 11.4. The molecule has 19 heavy (non-hydrogen) atoms. The Labute approximate surface area is 113 Å². The number of amides is 1. The molecule has 1 heterocycles. The Hall–Kier alpha value is -1.59. The summed E-state index contributed by atoms with van der Waals surface area (Å²) in [6, 6.07) is 5.84. The Morgan fingerprint density at radius 3 is 3.16 bits per heavy atom. The summed E-state index contributed by atoms with van der Waals surface area (Å²) < 4.78 is 10.4. The monoisotopic (exact) mass is 264 g/mol. The van der Waals surface area contributed by atoms with Gasteiger partial charge in [-0.15, -0.1) is 0 Å². The van der Waals surface area contributed by atoms with Crippen LogP contribution in [0.5, 0.6) is 5.75 Å². The number of nitrogens with one attached hydrogen (secondary N) is 2. The quantitative estimate of drug-likeness (QED) is 0.815. The molecule has 0 aromatic heterocycles. The fraction of sp³-hybridized carbons (Fsp3) is 0.500. The van der Waals surface area contributed by atoms with E-state index in [-0.39, 0.29) is 12.5 Å². The van der Waals surface area contributed by atoms with Crippen LogP contribution in [-0.2, 0) is 16.1 Å². The van der Waals surface area contributed by atoms with Crippen LogP contribution >= 0.6 is 0 Å². The van der Waals surface area contributed by atoms with Crippen molar-refractivity contribution in [3.05, 3.63) is 23.8 Å². The Morgan fingerprint density at radius 1 is 1.53 bits per heavy atom. The standard InChI is InChI=1S/C14H20N2O3/c1-10(8-18-2)6-15-7-11-3-4-13-12(5-11)16-14(17)9-19-13/h3-5,10,15H,6-9H2,1-2H3,(H,16,17). The highest BCUT2D eigenvalue weighted by atomic mass is 16.5. The van der Waals surface area contributed by atoms with Crippen molar-refractivity contribution in [1.29, 1.82) is 0 Å². The lowest BCUT2D eigenvalue weighted by atomic mass is 10.1. The smallest absolute Gasteiger partial charge is 0.262 e. The Kier molecular flexibility index (Phi) is 4.76.